The molecule has 1 rings (SSSR count). The predicted octanol–water partition coefficient (Wildman–Crippen LogP) is 2.29. The Balaban J connectivity index is 2.82. The van der Waals surface area contributed by atoms with Crippen LogP contribution < -0.4 is 10.6 Å². The number of aromatic nitrogens is 1. The Morgan fingerprint density at radius 3 is 2.71 bits per heavy atom. The van der Waals surface area contributed by atoms with Crippen molar-refractivity contribution < 1.29 is 4.79 Å². The lowest BCUT2D eigenvalue weighted by Gasteiger charge is -2.21. The van der Waals surface area contributed by atoms with E-state index in [1.54, 1.807) is 25.4 Å². The number of carbonyl (C=O) groups is 1. The van der Waals surface area contributed by atoms with E-state index in [1.807, 2.05) is 0 Å². The Bertz CT molecular complexity index is 377. The molecule has 1 aromatic rings. The molecule has 1 heterocycles. The molecule has 17 heavy (non-hydrogen) atoms. The van der Waals surface area contributed by atoms with Gasteiger partial charge in [0.1, 0.15) is 5.82 Å². The molecule has 0 fully saturated rings. The molecular weight excluding hydrogens is 214 g/mol. The van der Waals surface area contributed by atoms with Gasteiger partial charge in [-0.2, -0.15) is 0 Å². The number of carbonyl (C=O) groups excluding carboxylic acids is 1. The third-order valence-corrected chi connectivity index (χ3v) is 2.85. The third kappa shape index (κ3) is 3.44. The normalized spacial score (nSPS) is 12.3. The van der Waals surface area contributed by atoms with Gasteiger partial charge in [0.2, 0.25) is 0 Å². The maximum absolute atomic E-state index is 12.1. The zero-order chi connectivity index (χ0) is 12.8. The molecule has 1 aromatic heterocycles. The lowest BCUT2D eigenvalue weighted by Crippen LogP contribution is -2.38. The second-order valence-electron chi connectivity index (χ2n) is 4.38. The van der Waals surface area contributed by atoms with Gasteiger partial charge in [0.25, 0.3) is 5.91 Å². The summed E-state index contributed by atoms with van der Waals surface area (Å²) in [6, 6.07) is 3.75. The summed E-state index contributed by atoms with van der Waals surface area (Å²) in [4.78, 5) is 16.2. The van der Waals surface area contributed by atoms with E-state index >= 15 is 0 Å². The van der Waals surface area contributed by atoms with Crippen molar-refractivity contribution in [3.05, 3.63) is 23.9 Å². The van der Waals surface area contributed by atoms with Crippen molar-refractivity contribution in [3.63, 3.8) is 0 Å². The molecule has 0 saturated heterocycles. The summed E-state index contributed by atoms with van der Waals surface area (Å²) in [6.45, 7) is 6.29. The number of pyridine rings is 1. The predicted molar refractivity (Wildman–Crippen MR) is 70.2 cm³/mol. The average molecular weight is 235 g/mol. The number of hydrogen-bond donors (Lipinski definition) is 2. The van der Waals surface area contributed by atoms with Crippen molar-refractivity contribution in [2.24, 2.45) is 5.92 Å². The maximum Gasteiger partial charge on any atom is 0.255 e. The quantitative estimate of drug-likeness (QED) is 0.823. The summed E-state index contributed by atoms with van der Waals surface area (Å²) in [6.07, 6.45) is 2.60. The molecule has 1 unspecified atom stereocenters. The maximum atomic E-state index is 12.1. The van der Waals surface area contributed by atoms with Gasteiger partial charge in [0, 0.05) is 19.3 Å². The molecule has 1 atom stereocenters. The van der Waals surface area contributed by atoms with Gasteiger partial charge in [-0.05, 0) is 24.5 Å². The van der Waals surface area contributed by atoms with Crippen molar-refractivity contribution in [2.45, 2.75) is 33.2 Å². The fourth-order valence-electron chi connectivity index (χ4n) is 1.77. The van der Waals surface area contributed by atoms with Crippen molar-refractivity contribution in [2.75, 3.05) is 12.4 Å². The Hall–Kier alpha value is -1.58. The second kappa shape index (κ2) is 6.23. The Labute approximate surface area is 103 Å². The smallest absolute Gasteiger partial charge is 0.255 e. The van der Waals surface area contributed by atoms with Crippen LogP contribution in [0.25, 0.3) is 0 Å². The van der Waals surface area contributed by atoms with Crippen LogP contribution >= 0.6 is 0 Å². The van der Waals surface area contributed by atoms with Gasteiger partial charge in [0.05, 0.1) is 5.56 Å². The summed E-state index contributed by atoms with van der Waals surface area (Å²) < 4.78 is 0. The van der Waals surface area contributed by atoms with Gasteiger partial charge < -0.3 is 10.6 Å². The summed E-state index contributed by atoms with van der Waals surface area (Å²) in [7, 11) is 1.76. The Morgan fingerprint density at radius 1 is 1.47 bits per heavy atom. The number of rotatable bonds is 5. The highest BCUT2D eigenvalue weighted by molar-refractivity contribution is 5.98. The van der Waals surface area contributed by atoms with Crippen LogP contribution in [0, 0.1) is 5.92 Å². The minimum Gasteiger partial charge on any atom is -0.372 e. The molecule has 94 valence electrons. The van der Waals surface area contributed by atoms with Crippen LogP contribution in [-0.2, 0) is 0 Å². The van der Waals surface area contributed by atoms with Crippen LogP contribution in [0.2, 0.25) is 0 Å². The molecule has 0 saturated carbocycles. The fraction of sp³-hybridized carbons (Fsp3) is 0.538. The van der Waals surface area contributed by atoms with Crippen molar-refractivity contribution in [3.8, 4) is 0 Å². The van der Waals surface area contributed by atoms with Crippen LogP contribution in [0.3, 0.4) is 0 Å². The molecule has 0 radical (unpaired) electrons. The number of nitrogens with one attached hydrogen (secondary N) is 2. The van der Waals surface area contributed by atoms with E-state index in [9.17, 15) is 4.79 Å². The zero-order valence-electron chi connectivity index (χ0n) is 10.9. The van der Waals surface area contributed by atoms with E-state index in [4.69, 9.17) is 0 Å². The van der Waals surface area contributed by atoms with Crippen molar-refractivity contribution in [1.82, 2.24) is 10.3 Å². The SMILES string of the molecule is CCC(NC(=O)c1cccnc1NC)C(C)C. The van der Waals surface area contributed by atoms with Crippen LogP contribution in [0.1, 0.15) is 37.6 Å². The van der Waals surface area contributed by atoms with Crippen molar-refractivity contribution >= 4 is 11.7 Å². The number of anilines is 1. The molecule has 1 amide bonds. The zero-order valence-corrected chi connectivity index (χ0v) is 10.9. The summed E-state index contributed by atoms with van der Waals surface area (Å²) in [5.74, 6) is 0.977. The van der Waals surface area contributed by atoms with Crippen molar-refractivity contribution in [1.29, 1.82) is 0 Å². The first kappa shape index (κ1) is 13.5. The number of hydrogen-bond acceptors (Lipinski definition) is 3. The molecule has 4 heteroatoms. The Morgan fingerprint density at radius 2 is 2.18 bits per heavy atom. The molecule has 0 aromatic carbocycles. The summed E-state index contributed by atoms with van der Waals surface area (Å²) in [5.41, 5.74) is 0.592. The highest BCUT2D eigenvalue weighted by Crippen LogP contribution is 2.12. The van der Waals surface area contributed by atoms with Gasteiger partial charge in [-0.25, -0.2) is 4.98 Å². The second-order valence-corrected chi connectivity index (χ2v) is 4.38. The van der Waals surface area contributed by atoms with Gasteiger partial charge in [-0.3, -0.25) is 4.79 Å². The lowest BCUT2D eigenvalue weighted by atomic mass is 10.0. The Kier molecular flexibility index (Phi) is 4.94. The van der Waals surface area contributed by atoms with E-state index in [1.165, 1.54) is 0 Å². The fourth-order valence-corrected chi connectivity index (χ4v) is 1.77. The minimum absolute atomic E-state index is 0.0667. The van der Waals surface area contributed by atoms with E-state index in [2.05, 4.69) is 36.4 Å². The highest BCUT2D eigenvalue weighted by Gasteiger charge is 2.17. The van der Waals surface area contributed by atoms with Gasteiger partial charge in [-0.15, -0.1) is 0 Å². The first-order chi connectivity index (χ1) is 8.10. The molecular formula is C13H21N3O. The first-order valence-corrected chi connectivity index (χ1v) is 6.03. The van der Waals surface area contributed by atoms with Gasteiger partial charge in [0.15, 0.2) is 0 Å². The molecule has 0 spiro atoms. The number of amides is 1. The minimum atomic E-state index is -0.0667. The first-order valence-electron chi connectivity index (χ1n) is 6.03. The molecule has 2 N–H and O–H groups in total. The van der Waals surface area contributed by atoms with Crippen LogP contribution in [0.4, 0.5) is 5.82 Å². The number of nitrogens with zero attached hydrogens (tertiary/aromatic N) is 1. The topological polar surface area (TPSA) is 54.0 Å². The molecule has 0 aliphatic carbocycles. The van der Waals surface area contributed by atoms with Crippen LogP contribution in [0.5, 0.6) is 0 Å². The molecule has 0 bridgehead atoms. The van der Waals surface area contributed by atoms with E-state index in [0.29, 0.717) is 17.3 Å². The molecule has 0 aliphatic heterocycles. The highest BCUT2D eigenvalue weighted by atomic mass is 16.1. The standard InChI is InChI=1S/C13H21N3O/c1-5-11(9(2)3)16-13(17)10-7-6-8-15-12(10)14-4/h6-9,11H,5H2,1-4H3,(H,14,15)(H,16,17). The largest absolute Gasteiger partial charge is 0.372 e. The lowest BCUT2D eigenvalue weighted by molar-refractivity contribution is 0.0925. The third-order valence-electron chi connectivity index (χ3n) is 2.85. The van der Waals surface area contributed by atoms with E-state index in [-0.39, 0.29) is 11.9 Å². The van der Waals surface area contributed by atoms with E-state index in [0.717, 1.165) is 6.42 Å². The van der Waals surface area contributed by atoms with Crippen LogP contribution in [-0.4, -0.2) is 24.0 Å². The molecule has 4 nitrogen and oxygen atoms in total. The monoisotopic (exact) mass is 235 g/mol. The summed E-state index contributed by atoms with van der Waals surface area (Å²) in [5, 5.41) is 5.96. The van der Waals surface area contributed by atoms with Gasteiger partial charge in [-0.1, -0.05) is 20.8 Å². The van der Waals surface area contributed by atoms with Crippen LogP contribution in [0.15, 0.2) is 18.3 Å². The average Bonchev–Trinajstić information content (AvgIpc) is 2.35. The van der Waals surface area contributed by atoms with Gasteiger partial charge >= 0.3 is 0 Å². The summed E-state index contributed by atoms with van der Waals surface area (Å²) >= 11 is 0. The molecule has 0 aliphatic rings. The van der Waals surface area contributed by atoms with E-state index < -0.39 is 0 Å².